The van der Waals surface area contributed by atoms with E-state index in [-0.39, 0.29) is 10.8 Å². The molecule has 0 bridgehead atoms. The summed E-state index contributed by atoms with van der Waals surface area (Å²) >= 11 is 5.08. The van der Waals surface area contributed by atoms with Gasteiger partial charge in [-0.15, -0.1) is 0 Å². The number of aromatic nitrogens is 2. The normalized spacial score (nSPS) is 14.9. The first-order chi connectivity index (χ1) is 8.40. The molecule has 2 atom stereocenters. The van der Waals surface area contributed by atoms with Gasteiger partial charge in [-0.2, -0.15) is 0 Å². The van der Waals surface area contributed by atoms with Crippen LogP contribution >= 0.6 is 12.2 Å². The Bertz CT molecular complexity index is 677. The molecule has 1 aromatic heterocycles. The molecule has 0 saturated carbocycles. The third-order valence-corrected chi connectivity index (χ3v) is 4.41. The predicted molar refractivity (Wildman–Crippen MR) is 70.6 cm³/mol. The monoisotopic (exact) mass is 290 g/mol. The summed E-state index contributed by atoms with van der Waals surface area (Å²) in [5.41, 5.74) is 0.533. The molecule has 0 amide bonds. The molecule has 98 valence electrons. The molecule has 0 spiro atoms. The lowest BCUT2D eigenvalue weighted by molar-refractivity contribution is 0.589. The molecule has 1 N–H and O–H groups in total. The number of nitrogens with one attached hydrogen (secondary N) is 1. The van der Waals surface area contributed by atoms with E-state index in [0.717, 1.165) is 6.07 Å². The van der Waals surface area contributed by atoms with Gasteiger partial charge in [-0.3, -0.25) is 4.21 Å². The Kier molecular flexibility index (Phi) is 3.63. The van der Waals surface area contributed by atoms with Crippen LogP contribution in [0.1, 0.15) is 6.92 Å². The quantitative estimate of drug-likeness (QED) is 0.883. The average molecular weight is 290 g/mol. The van der Waals surface area contributed by atoms with E-state index in [2.05, 4.69) is 4.98 Å². The van der Waals surface area contributed by atoms with Crippen molar-refractivity contribution in [3.05, 3.63) is 28.5 Å². The zero-order valence-electron chi connectivity index (χ0n) is 9.87. The number of halogens is 2. The minimum atomic E-state index is -1.03. The number of H-pyrrole nitrogens is 1. The molecule has 1 aromatic carbocycles. The lowest BCUT2D eigenvalue weighted by Crippen LogP contribution is -2.17. The van der Waals surface area contributed by atoms with Crippen molar-refractivity contribution in [3.63, 3.8) is 0 Å². The number of aromatic amines is 1. The largest absolute Gasteiger partial charge is 0.328 e. The van der Waals surface area contributed by atoms with Gasteiger partial charge in [0.2, 0.25) is 0 Å². The van der Waals surface area contributed by atoms with Crippen LogP contribution in [0.25, 0.3) is 11.0 Å². The fourth-order valence-electron chi connectivity index (χ4n) is 1.72. The van der Waals surface area contributed by atoms with Crippen LogP contribution in [0.2, 0.25) is 0 Å². The Balaban J connectivity index is 2.60. The summed E-state index contributed by atoms with van der Waals surface area (Å²) in [5.74, 6) is -1.34. The topological polar surface area (TPSA) is 37.8 Å². The van der Waals surface area contributed by atoms with Crippen LogP contribution in [0.5, 0.6) is 0 Å². The van der Waals surface area contributed by atoms with Crippen LogP contribution in [-0.2, 0) is 17.3 Å². The Morgan fingerprint density at radius 3 is 2.78 bits per heavy atom. The molecule has 18 heavy (non-hydrogen) atoms. The van der Waals surface area contributed by atoms with Gasteiger partial charge in [-0.05, 0) is 25.2 Å². The van der Waals surface area contributed by atoms with Gasteiger partial charge in [-0.25, -0.2) is 8.78 Å². The molecule has 0 saturated heterocycles. The minimum absolute atomic E-state index is 0.151. The Morgan fingerprint density at radius 2 is 2.17 bits per heavy atom. The molecule has 7 heteroatoms. The Labute approximate surface area is 110 Å². The van der Waals surface area contributed by atoms with Gasteiger partial charge >= 0.3 is 0 Å². The molecule has 3 nitrogen and oxygen atoms in total. The van der Waals surface area contributed by atoms with Gasteiger partial charge in [0, 0.05) is 34.9 Å². The van der Waals surface area contributed by atoms with E-state index in [1.165, 1.54) is 6.07 Å². The number of hydrogen-bond acceptors (Lipinski definition) is 2. The van der Waals surface area contributed by atoms with E-state index in [4.69, 9.17) is 12.2 Å². The van der Waals surface area contributed by atoms with Gasteiger partial charge in [0.15, 0.2) is 10.6 Å². The maximum Gasteiger partial charge on any atom is 0.178 e. The van der Waals surface area contributed by atoms with Crippen molar-refractivity contribution in [2.45, 2.75) is 18.7 Å². The Hall–Kier alpha value is -1.08. The van der Waals surface area contributed by atoms with Crippen LogP contribution in [0.4, 0.5) is 8.78 Å². The van der Waals surface area contributed by atoms with Crippen molar-refractivity contribution in [3.8, 4) is 0 Å². The van der Waals surface area contributed by atoms with Crippen molar-refractivity contribution in [2.75, 3.05) is 6.26 Å². The SMILES string of the molecule is CC(Cn1c(=S)[nH]c2c(F)cc(F)cc21)S(C)=O. The summed E-state index contributed by atoms with van der Waals surface area (Å²) in [6, 6.07) is 2.02. The van der Waals surface area contributed by atoms with Crippen molar-refractivity contribution in [1.82, 2.24) is 9.55 Å². The first kappa shape index (κ1) is 13.4. The van der Waals surface area contributed by atoms with Crippen molar-refractivity contribution in [1.29, 1.82) is 0 Å². The molecule has 0 fully saturated rings. The fraction of sp³-hybridized carbons (Fsp3) is 0.364. The first-order valence-corrected chi connectivity index (χ1v) is 7.33. The fourth-order valence-corrected chi connectivity index (χ4v) is 2.36. The summed E-state index contributed by atoms with van der Waals surface area (Å²) in [5, 5.41) is -0.151. The molecule has 1 heterocycles. The van der Waals surface area contributed by atoms with Gasteiger partial charge in [-0.1, -0.05) is 0 Å². The highest BCUT2D eigenvalue weighted by Crippen LogP contribution is 2.20. The van der Waals surface area contributed by atoms with Crippen LogP contribution in [-0.4, -0.2) is 25.3 Å². The van der Waals surface area contributed by atoms with Crippen molar-refractivity contribution in [2.24, 2.45) is 0 Å². The average Bonchev–Trinajstić information content (AvgIpc) is 2.57. The molecular formula is C11H12F2N2OS2. The first-order valence-electron chi connectivity index (χ1n) is 5.30. The molecule has 2 rings (SSSR count). The molecule has 0 radical (unpaired) electrons. The van der Waals surface area contributed by atoms with E-state index >= 15 is 0 Å². The van der Waals surface area contributed by atoms with Gasteiger partial charge < -0.3 is 9.55 Å². The van der Waals surface area contributed by atoms with E-state index in [0.29, 0.717) is 16.8 Å². The molecule has 0 aliphatic rings. The van der Waals surface area contributed by atoms with Crippen LogP contribution in [0.15, 0.2) is 12.1 Å². The maximum atomic E-state index is 13.5. The summed E-state index contributed by atoms with van der Waals surface area (Å²) in [6.45, 7) is 2.15. The van der Waals surface area contributed by atoms with E-state index in [1.807, 2.05) is 0 Å². The smallest absolute Gasteiger partial charge is 0.178 e. The lowest BCUT2D eigenvalue weighted by atomic mass is 10.3. The number of hydrogen-bond donors (Lipinski definition) is 1. The third-order valence-electron chi connectivity index (χ3n) is 2.81. The standard InChI is InChI=1S/C11H12F2N2OS2/c1-6(18(2)16)5-15-9-4-7(12)3-8(13)10(9)14-11(15)17/h3-4,6H,5H2,1-2H3,(H,14,17). The molecular weight excluding hydrogens is 278 g/mol. The third kappa shape index (κ3) is 2.37. The molecule has 0 aliphatic carbocycles. The van der Waals surface area contributed by atoms with Gasteiger partial charge in [0.1, 0.15) is 11.3 Å². The van der Waals surface area contributed by atoms with Crippen LogP contribution in [0.3, 0.4) is 0 Å². The maximum absolute atomic E-state index is 13.5. The number of fused-ring (bicyclic) bond motifs is 1. The summed E-state index contributed by atoms with van der Waals surface area (Å²) in [4.78, 5) is 2.70. The predicted octanol–water partition coefficient (Wildman–Crippen LogP) is 2.74. The molecule has 2 unspecified atom stereocenters. The molecule has 2 aromatic rings. The van der Waals surface area contributed by atoms with E-state index in [9.17, 15) is 13.0 Å². The highest BCUT2D eigenvalue weighted by Gasteiger charge is 2.14. The zero-order chi connectivity index (χ0) is 13.4. The summed E-state index contributed by atoms with van der Waals surface area (Å²) in [7, 11) is -1.03. The lowest BCUT2D eigenvalue weighted by Gasteiger charge is -2.10. The number of imidazole rings is 1. The van der Waals surface area contributed by atoms with Gasteiger partial charge in [0.25, 0.3) is 0 Å². The van der Waals surface area contributed by atoms with Crippen LogP contribution < -0.4 is 0 Å². The number of nitrogens with zero attached hydrogens (tertiary/aromatic N) is 1. The highest BCUT2D eigenvalue weighted by molar-refractivity contribution is 7.84. The van der Waals surface area contributed by atoms with E-state index in [1.54, 1.807) is 17.7 Å². The second kappa shape index (κ2) is 4.89. The number of rotatable bonds is 3. The zero-order valence-corrected chi connectivity index (χ0v) is 11.5. The van der Waals surface area contributed by atoms with Crippen molar-refractivity contribution >= 4 is 34.1 Å². The minimum Gasteiger partial charge on any atom is -0.328 e. The second-order valence-electron chi connectivity index (χ2n) is 4.13. The summed E-state index contributed by atoms with van der Waals surface area (Å²) in [6.07, 6.45) is 1.59. The highest BCUT2D eigenvalue weighted by atomic mass is 32.2. The Morgan fingerprint density at radius 1 is 1.50 bits per heavy atom. The number of benzene rings is 1. The van der Waals surface area contributed by atoms with Crippen LogP contribution in [0, 0.1) is 16.4 Å². The summed E-state index contributed by atoms with van der Waals surface area (Å²) < 4.78 is 40.0. The molecule has 0 aliphatic heterocycles. The van der Waals surface area contributed by atoms with Gasteiger partial charge in [0.05, 0.1) is 5.52 Å². The van der Waals surface area contributed by atoms with Crippen molar-refractivity contribution < 1.29 is 13.0 Å². The second-order valence-corrected chi connectivity index (χ2v) is 6.32. The van der Waals surface area contributed by atoms with E-state index < -0.39 is 22.4 Å².